The fraction of sp³-hybridized carbons (Fsp3) is 0.375. The zero-order valence-corrected chi connectivity index (χ0v) is 19.6. The normalized spacial score (nSPS) is 19.2. The van der Waals surface area contributed by atoms with Crippen LogP contribution in [0.2, 0.25) is 10.0 Å². The molecule has 33 heavy (non-hydrogen) atoms. The second kappa shape index (κ2) is 10.7. The number of imide groups is 1. The van der Waals surface area contributed by atoms with Crippen LogP contribution in [0.1, 0.15) is 12.0 Å². The number of halogens is 2. The van der Waals surface area contributed by atoms with Crippen LogP contribution in [0.15, 0.2) is 48.5 Å². The number of amides is 3. The number of nitrogens with zero attached hydrogens (tertiary/aromatic N) is 3. The van der Waals surface area contributed by atoms with Gasteiger partial charge >= 0.3 is 0 Å². The highest BCUT2D eigenvalue weighted by atomic mass is 35.5. The van der Waals surface area contributed by atoms with Crippen molar-refractivity contribution in [1.29, 1.82) is 0 Å². The Bertz CT molecular complexity index is 1010. The van der Waals surface area contributed by atoms with Gasteiger partial charge < -0.3 is 9.64 Å². The van der Waals surface area contributed by atoms with E-state index in [4.69, 9.17) is 27.9 Å². The van der Waals surface area contributed by atoms with Gasteiger partial charge in [0, 0.05) is 36.2 Å². The van der Waals surface area contributed by atoms with Crippen LogP contribution < -0.4 is 4.90 Å². The molecule has 2 aliphatic heterocycles. The lowest BCUT2D eigenvalue weighted by molar-refractivity contribution is -0.138. The van der Waals surface area contributed by atoms with E-state index in [0.717, 1.165) is 23.6 Å². The van der Waals surface area contributed by atoms with E-state index in [9.17, 15) is 14.4 Å². The maximum absolute atomic E-state index is 13.3. The average Bonchev–Trinajstić information content (AvgIpc) is 3.10. The summed E-state index contributed by atoms with van der Waals surface area (Å²) >= 11 is 11.9. The number of hydrogen-bond donors (Lipinski definition) is 0. The summed E-state index contributed by atoms with van der Waals surface area (Å²) in [5, 5.41) is 1.10. The SMILES string of the molecule is O=C1CC(N(CCN2CCOCC2)C(=O)Cc2ccc(Cl)cc2)C(=O)N1c1ccc(Cl)cc1. The van der Waals surface area contributed by atoms with Crippen molar-refractivity contribution in [3.63, 3.8) is 0 Å². The van der Waals surface area contributed by atoms with Crippen molar-refractivity contribution in [2.75, 3.05) is 44.3 Å². The first-order valence-electron chi connectivity index (χ1n) is 10.9. The third-order valence-corrected chi connectivity index (χ3v) is 6.44. The number of morpholine rings is 1. The van der Waals surface area contributed by atoms with Crippen LogP contribution in [0.3, 0.4) is 0 Å². The van der Waals surface area contributed by atoms with Crippen molar-refractivity contribution in [2.24, 2.45) is 0 Å². The number of hydrogen-bond acceptors (Lipinski definition) is 5. The molecule has 9 heteroatoms. The summed E-state index contributed by atoms with van der Waals surface area (Å²) in [5.74, 6) is -0.925. The first-order valence-corrected chi connectivity index (χ1v) is 11.6. The smallest absolute Gasteiger partial charge is 0.257 e. The molecule has 1 atom stereocenters. The van der Waals surface area contributed by atoms with Crippen molar-refractivity contribution in [3.05, 3.63) is 64.1 Å². The molecule has 2 fully saturated rings. The average molecular weight is 490 g/mol. The predicted octanol–water partition coefficient (Wildman–Crippen LogP) is 3.03. The maximum atomic E-state index is 13.3. The third kappa shape index (κ3) is 5.73. The molecule has 7 nitrogen and oxygen atoms in total. The van der Waals surface area contributed by atoms with Crippen molar-refractivity contribution in [2.45, 2.75) is 18.9 Å². The molecule has 2 saturated heterocycles. The lowest BCUT2D eigenvalue weighted by Gasteiger charge is -2.32. The van der Waals surface area contributed by atoms with E-state index in [1.165, 1.54) is 0 Å². The standard InChI is InChI=1S/C24H25Cl2N3O4/c25-18-3-1-17(2-4-18)15-22(30)28(10-9-27-11-13-33-14-12-27)21-16-23(31)29(24(21)32)20-7-5-19(26)6-8-20/h1-8,21H,9-16H2. The van der Waals surface area contributed by atoms with E-state index < -0.39 is 11.9 Å². The Morgan fingerprint density at radius 1 is 0.970 bits per heavy atom. The zero-order valence-electron chi connectivity index (χ0n) is 18.1. The predicted molar refractivity (Wildman–Crippen MR) is 126 cm³/mol. The van der Waals surface area contributed by atoms with Gasteiger partial charge in [0.15, 0.2) is 0 Å². The molecule has 1 unspecified atom stereocenters. The minimum atomic E-state index is -0.839. The van der Waals surface area contributed by atoms with Crippen LogP contribution in [0, 0.1) is 0 Å². The Morgan fingerprint density at radius 2 is 1.58 bits per heavy atom. The molecule has 0 bridgehead atoms. The van der Waals surface area contributed by atoms with Crippen LogP contribution in [0.5, 0.6) is 0 Å². The molecule has 0 spiro atoms. The summed E-state index contributed by atoms with van der Waals surface area (Å²) in [6, 6.07) is 12.7. The quantitative estimate of drug-likeness (QED) is 0.559. The Labute approximate surface area is 202 Å². The molecule has 0 aliphatic carbocycles. The van der Waals surface area contributed by atoms with E-state index >= 15 is 0 Å². The number of carbonyl (C=O) groups is 3. The van der Waals surface area contributed by atoms with Gasteiger partial charge in [0.1, 0.15) is 6.04 Å². The Kier molecular flexibility index (Phi) is 7.65. The lowest BCUT2D eigenvalue weighted by atomic mass is 10.1. The van der Waals surface area contributed by atoms with Crippen LogP contribution in [0.4, 0.5) is 5.69 Å². The van der Waals surface area contributed by atoms with E-state index in [2.05, 4.69) is 4.90 Å². The van der Waals surface area contributed by atoms with Gasteiger partial charge in [0.2, 0.25) is 11.8 Å². The van der Waals surface area contributed by atoms with Crippen molar-refractivity contribution >= 4 is 46.6 Å². The molecule has 0 radical (unpaired) electrons. The van der Waals surface area contributed by atoms with Crippen molar-refractivity contribution in [3.8, 4) is 0 Å². The summed E-state index contributed by atoms with van der Waals surface area (Å²) in [5.41, 5.74) is 1.25. The number of rotatable bonds is 7. The molecule has 0 saturated carbocycles. The highest BCUT2D eigenvalue weighted by Crippen LogP contribution is 2.27. The number of carbonyl (C=O) groups excluding carboxylic acids is 3. The second-order valence-electron chi connectivity index (χ2n) is 8.11. The van der Waals surface area contributed by atoms with Crippen LogP contribution in [-0.2, 0) is 25.5 Å². The van der Waals surface area contributed by atoms with E-state index in [1.54, 1.807) is 53.4 Å². The fourth-order valence-corrected chi connectivity index (χ4v) is 4.38. The molecule has 2 aromatic rings. The van der Waals surface area contributed by atoms with E-state index in [-0.39, 0.29) is 24.7 Å². The van der Waals surface area contributed by atoms with Gasteiger partial charge in [0.05, 0.1) is 31.7 Å². The van der Waals surface area contributed by atoms with E-state index in [0.29, 0.717) is 42.0 Å². The van der Waals surface area contributed by atoms with Gasteiger partial charge in [-0.3, -0.25) is 19.3 Å². The maximum Gasteiger partial charge on any atom is 0.257 e. The molecular weight excluding hydrogens is 465 g/mol. The first kappa shape index (κ1) is 23.7. The largest absolute Gasteiger partial charge is 0.379 e. The lowest BCUT2D eigenvalue weighted by Crippen LogP contribution is -2.50. The highest BCUT2D eigenvalue weighted by molar-refractivity contribution is 6.31. The second-order valence-corrected chi connectivity index (χ2v) is 8.98. The molecule has 3 amide bonds. The van der Waals surface area contributed by atoms with Crippen molar-refractivity contribution < 1.29 is 19.1 Å². The summed E-state index contributed by atoms with van der Waals surface area (Å²) in [4.78, 5) is 44.4. The van der Waals surface area contributed by atoms with Gasteiger partial charge in [-0.1, -0.05) is 35.3 Å². The summed E-state index contributed by atoms with van der Waals surface area (Å²) in [6.07, 6.45) is 0.0795. The summed E-state index contributed by atoms with van der Waals surface area (Å²) in [7, 11) is 0. The van der Waals surface area contributed by atoms with Gasteiger partial charge in [-0.05, 0) is 42.0 Å². The number of benzene rings is 2. The fourth-order valence-electron chi connectivity index (χ4n) is 4.13. The monoisotopic (exact) mass is 489 g/mol. The minimum absolute atomic E-state index is 0.0447. The third-order valence-electron chi connectivity index (χ3n) is 5.93. The molecule has 2 aliphatic rings. The molecule has 2 aromatic carbocycles. The minimum Gasteiger partial charge on any atom is -0.379 e. The summed E-state index contributed by atoms with van der Waals surface area (Å²) < 4.78 is 5.40. The van der Waals surface area contributed by atoms with E-state index in [1.807, 2.05) is 0 Å². The van der Waals surface area contributed by atoms with Gasteiger partial charge in [-0.15, -0.1) is 0 Å². The Morgan fingerprint density at radius 3 is 2.21 bits per heavy atom. The Hall–Kier alpha value is -2.45. The first-order chi connectivity index (χ1) is 15.9. The van der Waals surface area contributed by atoms with Gasteiger partial charge in [0.25, 0.3) is 5.91 Å². The van der Waals surface area contributed by atoms with Gasteiger partial charge in [-0.25, -0.2) is 4.90 Å². The molecule has 2 heterocycles. The molecule has 174 valence electrons. The summed E-state index contributed by atoms with van der Waals surface area (Å²) in [6.45, 7) is 3.79. The topological polar surface area (TPSA) is 70.2 Å². The highest BCUT2D eigenvalue weighted by Gasteiger charge is 2.44. The Balaban J connectivity index is 1.53. The number of ether oxygens (including phenoxy) is 1. The van der Waals surface area contributed by atoms with Crippen LogP contribution >= 0.6 is 23.2 Å². The molecule has 4 rings (SSSR count). The number of anilines is 1. The zero-order chi connectivity index (χ0) is 23.4. The van der Waals surface area contributed by atoms with Gasteiger partial charge in [-0.2, -0.15) is 0 Å². The molecule has 0 N–H and O–H groups in total. The van der Waals surface area contributed by atoms with Crippen molar-refractivity contribution in [1.82, 2.24) is 9.80 Å². The van der Waals surface area contributed by atoms with Crippen LogP contribution in [0.25, 0.3) is 0 Å². The molecule has 0 aromatic heterocycles. The molecular formula is C24H25Cl2N3O4. The van der Waals surface area contributed by atoms with Crippen LogP contribution in [-0.4, -0.2) is 73.0 Å².